The lowest BCUT2D eigenvalue weighted by Crippen LogP contribution is -2.29. The molecule has 0 atom stereocenters. The van der Waals surface area contributed by atoms with Crippen LogP contribution in [0.3, 0.4) is 0 Å². The Bertz CT molecular complexity index is 911. The van der Waals surface area contributed by atoms with Crippen molar-refractivity contribution in [3.05, 3.63) is 58.1 Å². The quantitative estimate of drug-likeness (QED) is 0.812. The van der Waals surface area contributed by atoms with Crippen molar-refractivity contribution < 1.29 is 13.2 Å². The SMILES string of the molecule is Cc1ccc(NC(=O)CCNS(=O)(=O)c2c(C)cc(C)cc2C)c(C)c1. The van der Waals surface area contributed by atoms with Gasteiger partial charge in [0.25, 0.3) is 0 Å². The number of nitrogens with one attached hydrogen (secondary N) is 2. The van der Waals surface area contributed by atoms with Gasteiger partial charge in [-0.3, -0.25) is 4.79 Å². The minimum atomic E-state index is -3.65. The van der Waals surface area contributed by atoms with E-state index >= 15 is 0 Å². The highest BCUT2D eigenvalue weighted by atomic mass is 32.2. The zero-order valence-corrected chi connectivity index (χ0v) is 16.8. The molecule has 0 saturated heterocycles. The van der Waals surface area contributed by atoms with Gasteiger partial charge in [0.05, 0.1) is 4.90 Å². The molecule has 140 valence electrons. The monoisotopic (exact) mass is 374 g/mol. The minimum Gasteiger partial charge on any atom is -0.326 e. The van der Waals surface area contributed by atoms with Gasteiger partial charge < -0.3 is 5.32 Å². The van der Waals surface area contributed by atoms with Gasteiger partial charge in [-0.25, -0.2) is 13.1 Å². The molecule has 0 aliphatic heterocycles. The summed E-state index contributed by atoms with van der Waals surface area (Å²) in [5.74, 6) is -0.225. The van der Waals surface area contributed by atoms with Crippen molar-refractivity contribution >= 4 is 21.6 Å². The predicted molar refractivity (Wildman–Crippen MR) is 105 cm³/mol. The van der Waals surface area contributed by atoms with Crippen LogP contribution < -0.4 is 10.0 Å². The Morgan fingerprint density at radius 3 is 2.04 bits per heavy atom. The second kappa shape index (κ2) is 8.01. The van der Waals surface area contributed by atoms with Crippen LogP contribution in [-0.4, -0.2) is 20.9 Å². The highest BCUT2D eigenvalue weighted by molar-refractivity contribution is 7.89. The number of amides is 1. The second-order valence-electron chi connectivity index (χ2n) is 6.74. The fourth-order valence-electron chi connectivity index (χ4n) is 3.13. The molecule has 1 amide bonds. The third-order valence-corrected chi connectivity index (χ3v) is 5.94. The first-order chi connectivity index (χ1) is 12.1. The molecule has 0 bridgehead atoms. The van der Waals surface area contributed by atoms with Gasteiger partial charge in [-0.05, 0) is 57.4 Å². The Kier molecular flexibility index (Phi) is 6.21. The summed E-state index contributed by atoms with van der Waals surface area (Å²) in [5.41, 5.74) is 5.27. The first-order valence-corrected chi connectivity index (χ1v) is 10.0. The standard InChI is InChI=1S/C20H26N2O3S/c1-13-6-7-18(15(3)10-13)22-19(23)8-9-21-26(24,25)20-16(4)11-14(2)12-17(20)5/h6-7,10-12,21H,8-9H2,1-5H3,(H,22,23). The summed E-state index contributed by atoms with van der Waals surface area (Å²) in [6.07, 6.45) is 0.0660. The number of hydrogen-bond acceptors (Lipinski definition) is 3. The second-order valence-corrected chi connectivity index (χ2v) is 8.45. The molecule has 2 aromatic rings. The number of carbonyl (C=O) groups is 1. The molecule has 5 nitrogen and oxygen atoms in total. The largest absolute Gasteiger partial charge is 0.326 e. The van der Waals surface area contributed by atoms with Crippen molar-refractivity contribution in [2.75, 3.05) is 11.9 Å². The maximum Gasteiger partial charge on any atom is 0.241 e. The summed E-state index contributed by atoms with van der Waals surface area (Å²) in [4.78, 5) is 12.4. The normalized spacial score (nSPS) is 11.4. The van der Waals surface area contributed by atoms with E-state index in [9.17, 15) is 13.2 Å². The van der Waals surface area contributed by atoms with Gasteiger partial charge >= 0.3 is 0 Å². The summed E-state index contributed by atoms with van der Waals surface area (Å²) in [6.45, 7) is 9.45. The summed E-state index contributed by atoms with van der Waals surface area (Å²) < 4.78 is 27.7. The van der Waals surface area contributed by atoms with Gasteiger partial charge in [0.2, 0.25) is 15.9 Å². The summed E-state index contributed by atoms with van der Waals surface area (Å²) in [7, 11) is -3.65. The van der Waals surface area contributed by atoms with E-state index in [0.29, 0.717) is 11.1 Å². The van der Waals surface area contributed by atoms with Crippen molar-refractivity contribution in [2.24, 2.45) is 0 Å². The first kappa shape index (κ1) is 20.1. The van der Waals surface area contributed by atoms with Crippen LogP contribution in [0.25, 0.3) is 0 Å². The molecule has 0 aliphatic rings. The summed E-state index contributed by atoms with van der Waals surface area (Å²) in [6, 6.07) is 9.45. The van der Waals surface area contributed by atoms with Crippen LogP contribution in [0.4, 0.5) is 5.69 Å². The van der Waals surface area contributed by atoms with Gasteiger partial charge in [-0.1, -0.05) is 35.4 Å². The van der Waals surface area contributed by atoms with E-state index in [-0.39, 0.29) is 23.8 Å². The van der Waals surface area contributed by atoms with E-state index in [1.165, 1.54) is 0 Å². The average Bonchev–Trinajstić information content (AvgIpc) is 2.48. The predicted octanol–water partition coefficient (Wildman–Crippen LogP) is 3.54. The van der Waals surface area contributed by atoms with E-state index < -0.39 is 10.0 Å². The molecule has 6 heteroatoms. The molecule has 2 aromatic carbocycles. The highest BCUT2D eigenvalue weighted by Crippen LogP contribution is 2.21. The molecule has 2 N–H and O–H groups in total. The highest BCUT2D eigenvalue weighted by Gasteiger charge is 2.19. The van der Waals surface area contributed by atoms with Crippen molar-refractivity contribution in [3.8, 4) is 0 Å². The zero-order chi connectivity index (χ0) is 19.5. The smallest absolute Gasteiger partial charge is 0.241 e. The number of carbonyl (C=O) groups excluding carboxylic acids is 1. The van der Waals surface area contributed by atoms with Crippen LogP contribution in [0.15, 0.2) is 35.2 Å². The summed E-state index contributed by atoms with van der Waals surface area (Å²) in [5, 5.41) is 2.82. The minimum absolute atomic E-state index is 0.0475. The zero-order valence-electron chi connectivity index (χ0n) is 15.9. The van der Waals surface area contributed by atoms with Gasteiger partial charge in [-0.15, -0.1) is 0 Å². The Morgan fingerprint density at radius 1 is 0.885 bits per heavy atom. The number of sulfonamides is 1. The van der Waals surface area contributed by atoms with Crippen molar-refractivity contribution in [2.45, 2.75) is 45.9 Å². The molecular weight excluding hydrogens is 348 g/mol. The van der Waals surface area contributed by atoms with Crippen LogP contribution in [0, 0.1) is 34.6 Å². The fourth-order valence-corrected chi connectivity index (χ4v) is 4.61. The number of hydrogen-bond donors (Lipinski definition) is 2. The number of anilines is 1. The molecule has 0 radical (unpaired) electrons. The lowest BCUT2D eigenvalue weighted by molar-refractivity contribution is -0.116. The molecule has 0 spiro atoms. The van der Waals surface area contributed by atoms with Crippen molar-refractivity contribution in [3.63, 3.8) is 0 Å². The number of benzene rings is 2. The number of rotatable bonds is 6. The van der Waals surface area contributed by atoms with Gasteiger partial charge in [0.15, 0.2) is 0 Å². The van der Waals surface area contributed by atoms with Gasteiger partial charge in [0, 0.05) is 18.7 Å². The van der Waals surface area contributed by atoms with E-state index in [1.54, 1.807) is 13.8 Å². The Hall–Kier alpha value is -2.18. The Labute approximate surface area is 155 Å². The van der Waals surface area contributed by atoms with Crippen LogP contribution in [-0.2, 0) is 14.8 Å². The Morgan fingerprint density at radius 2 is 1.46 bits per heavy atom. The van der Waals surface area contributed by atoms with Crippen molar-refractivity contribution in [1.82, 2.24) is 4.72 Å². The van der Waals surface area contributed by atoms with E-state index in [0.717, 1.165) is 22.4 Å². The fraction of sp³-hybridized carbons (Fsp3) is 0.350. The van der Waals surface area contributed by atoms with E-state index in [1.807, 2.05) is 51.1 Å². The third-order valence-electron chi connectivity index (χ3n) is 4.17. The molecule has 0 aliphatic carbocycles. The number of aryl methyl sites for hydroxylation is 5. The summed E-state index contributed by atoms with van der Waals surface area (Å²) >= 11 is 0. The van der Waals surface area contributed by atoms with E-state index in [4.69, 9.17) is 0 Å². The lowest BCUT2D eigenvalue weighted by Gasteiger charge is -2.13. The van der Waals surface area contributed by atoms with E-state index in [2.05, 4.69) is 10.0 Å². The van der Waals surface area contributed by atoms with Gasteiger partial charge in [-0.2, -0.15) is 0 Å². The molecule has 2 rings (SSSR count). The van der Waals surface area contributed by atoms with Crippen LogP contribution >= 0.6 is 0 Å². The Balaban J connectivity index is 1.99. The first-order valence-electron chi connectivity index (χ1n) is 8.55. The molecular formula is C20H26N2O3S. The van der Waals surface area contributed by atoms with Gasteiger partial charge in [0.1, 0.15) is 0 Å². The molecule has 0 saturated carbocycles. The van der Waals surface area contributed by atoms with Crippen LogP contribution in [0.5, 0.6) is 0 Å². The van der Waals surface area contributed by atoms with Crippen LogP contribution in [0.1, 0.15) is 34.2 Å². The van der Waals surface area contributed by atoms with Crippen molar-refractivity contribution in [1.29, 1.82) is 0 Å². The lowest BCUT2D eigenvalue weighted by atomic mass is 10.1. The average molecular weight is 375 g/mol. The maximum atomic E-state index is 12.6. The molecule has 0 fully saturated rings. The maximum absolute atomic E-state index is 12.6. The molecule has 0 heterocycles. The molecule has 26 heavy (non-hydrogen) atoms. The topological polar surface area (TPSA) is 75.3 Å². The molecule has 0 unspecified atom stereocenters. The van der Waals surface area contributed by atoms with Crippen LogP contribution in [0.2, 0.25) is 0 Å². The molecule has 0 aromatic heterocycles. The third kappa shape index (κ3) is 4.93.